The lowest BCUT2D eigenvalue weighted by Gasteiger charge is -2.19. The average Bonchev–Trinajstić information content (AvgIpc) is 2.77. The molecule has 3 rings (SSSR count). The van der Waals surface area contributed by atoms with Gasteiger partial charge in [0.15, 0.2) is 6.10 Å². The van der Waals surface area contributed by atoms with Crippen molar-refractivity contribution in [3.8, 4) is 11.1 Å². The number of carbonyl (C=O) groups is 1. The molecule has 2 aromatic carbocycles. The molecule has 1 aromatic heterocycles. The van der Waals surface area contributed by atoms with Gasteiger partial charge in [-0.15, -0.1) is 12.4 Å². The van der Waals surface area contributed by atoms with Crippen LogP contribution < -0.4 is 11.1 Å². The number of ether oxygens (including phenoxy) is 1. The van der Waals surface area contributed by atoms with Gasteiger partial charge in [-0.2, -0.15) is 0 Å². The molecule has 0 aliphatic carbocycles. The van der Waals surface area contributed by atoms with E-state index in [0.29, 0.717) is 16.7 Å². The van der Waals surface area contributed by atoms with Gasteiger partial charge in [-0.1, -0.05) is 30.3 Å². The third-order valence-electron chi connectivity index (χ3n) is 4.64. The van der Waals surface area contributed by atoms with Gasteiger partial charge in [0.1, 0.15) is 17.5 Å². The molecule has 0 aliphatic heterocycles. The number of amidine groups is 1. The maximum Gasteiger partial charge on any atom is 0.254 e. The zero-order chi connectivity index (χ0) is 22.4. The summed E-state index contributed by atoms with van der Waals surface area (Å²) in [5.74, 6) is -2.48. The van der Waals surface area contributed by atoms with Crippen molar-refractivity contribution in [3.05, 3.63) is 89.2 Å². The van der Waals surface area contributed by atoms with Gasteiger partial charge in [-0.25, -0.2) is 8.78 Å². The number of hydrogen-bond acceptors (Lipinski definition) is 4. The van der Waals surface area contributed by atoms with E-state index in [1.54, 1.807) is 49.5 Å². The van der Waals surface area contributed by atoms with E-state index in [4.69, 9.17) is 15.9 Å². The standard InChI is InChI=1S/C23H22F2N4O2.ClH/c1-2-31-21(23(30)29-12-14-5-7-15(8-6-14)22(26)27)20-18(24)10-17(11-19(20)25)16-4-3-9-28-13-16;/h3-11,13,21H,2,12H2,1H3,(H3,26,27)(H,29,30);1H/t21-;/m1./s1. The third kappa shape index (κ3) is 5.87. The molecule has 0 radical (unpaired) electrons. The van der Waals surface area contributed by atoms with Crippen molar-refractivity contribution >= 4 is 24.1 Å². The first-order valence-corrected chi connectivity index (χ1v) is 9.62. The lowest BCUT2D eigenvalue weighted by atomic mass is 10.0. The minimum absolute atomic E-state index is 0. The Bertz CT molecular complexity index is 1060. The molecule has 9 heteroatoms. The molecule has 0 fully saturated rings. The van der Waals surface area contributed by atoms with E-state index in [1.165, 1.54) is 6.20 Å². The summed E-state index contributed by atoms with van der Waals surface area (Å²) in [6.07, 6.45) is 1.62. The van der Waals surface area contributed by atoms with Crippen molar-refractivity contribution in [3.63, 3.8) is 0 Å². The highest BCUT2D eigenvalue weighted by atomic mass is 35.5. The van der Waals surface area contributed by atoms with E-state index < -0.39 is 29.2 Å². The summed E-state index contributed by atoms with van der Waals surface area (Å²) in [5.41, 5.74) is 7.14. The normalized spacial score (nSPS) is 11.3. The van der Waals surface area contributed by atoms with Gasteiger partial charge in [0, 0.05) is 36.7 Å². The van der Waals surface area contributed by atoms with Gasteiger partial charge < -0.3 is 15.8 Å². The number of pyridine rings is 1. The Kier molecular flexibility index (Phi) is 8.80. The SMILES string of the molecule is CCO[C@@H](C(=O)NCc1ccc(C(=N)N)cc1)c1c(F)cc(-c2cccnc2)cc1F.Cl. The first-order valence-electron chi connectivity index (χ1n) is 9.62. The highest BCUT2D eigenvalue weighted by Crippen LogP contribution is 2.29. The van der Waals surface area contributed by atoms with Crippen LogP contribution in [0.15, 0.2) is 60.9 Å². The number of nitrogens with two attached hydrogens (primary N) is 1. The number of nitrogen functional groups attached to an aromatic ring is 1. The molecule has 3 aromatic rings. The molecule has 1 amide bonds. The van der Waals surface area contributed by atoms with Crippen LogP contribution in [0.1, 0.15) is 29.7 Å². The van der Waals surface area contributed by atoms with E-state index in [-0.39, 0.29) is 31.4 Å². The Balaban J connectivity index is 0.00000363. The van der Waals surface area contributed by atoms with Crippen molar-refractivity contribution in [2.75, 3.05) is 6.61 Å². The molecule has 0 bridgehead atoms. The highest BCUT2D eigenvalue weighted by molar-refractivity contribution is 5.94. The number of halogens is 3. The Hall–Kier alpha value is -3.36. The topological polar surface area (TPSA) is 101 Å². The van der Waals surface area contributed by atoms with Crippen LogP contribution in [0.3, 0.4) is 0 Å². The second kappa shape index (κ2) is 11.3. The summed E-state index contributed by atoms with van der Waals surface area (Å²) in [6, 6.07) is 12.4. The van der Waals surface area contributed by atoms with Crippen LogP contribution in [0.25, 0.3) is 11.1 Å². The fourth-order valence-electron chi connectivity index (χ4n) is 3.08. The predicted octanol–water partition coefficient (Wildman–Crippen LogP) is 4.13. The molecule has 6 nitrogen and oxygen atoms in total. The largest absolute Gasteiger partial charge is 0.384 e. The number of carbonyl (C=O) groups excluding carboxylic acids is 1. The van der Waals surface area contributed by atoms with Crippen molar-refractivity contribution in [1.29, 1.82) is 5.41 Å². The fraction of sp³-hybridized carbons (Fsp3) is 0.174. The fourth-order valence-corrected chi connectivity index (χ4v) is 3.08. The number of benzene rings is 2. The predicted molar refractivity (Wildman–Crippen MR) is 121 cm³/mol. The summed E-state index contributed by atoms with van der Waals surface area (Å²) < 4.78 is 35.1. The number of rotatable bonds is 8. The molecule has 168 valence electrons. The maximum atomic E-state index is 14.9. The number of amides is 1. The monoisotopic (exact) mass is 460 g/mol. The molecular formula is C23H23ClF2N4O2. The second-order valence-corrected chi connectivity index (χ2v) is 6.76. The number of hydrogen-bond donors (Lipinski definition) is 3. The van der Waals surface area contributed by atoms with Gasteiger partial charge in [0.2, 0.25) is 0 Å². The molecule has 0 aliphatic rings. The van der Waals surface area contributed by atoms with E-state index in [9.17, 15) is 13.6 Å². The maximum absolute atomic E-state index is 14.9. The van der Waals surface area contributed by atoms with Crippen LogP contribution in [-0.4, -0.2) is 23.3 Å². The minimum atomic E-state index is -1.44. The Morgan fingerprint density at radius 3 is 2.34 bits per heavy atom. The van der Waals surface area contributed by atoms with Crippen molar-refractivity contribution in [2.24, 2.45) is 5.73 Å². The molecule has 1 atom stereocenters. The average molecular weight is 461 g/mol. The summed E-state index contributed by atoms with van der Waals surface area (Å²) in [6.45, 7) is 1.85. The zero-order valence-corrected chi connectivity index (χ0v) is 18.1. The second-order valence-electron chi connectivity index (χ2n) is 6.76. The van der Waals surface area contributed by atoms with Gasteiger partial charge in [0.05, 0.1) is 5.56 Å². The molecule has 0 spiro atoms. The summed E-state index contributed by atoms with van der Waals surface area (Å²) in [5, 5.41) is 10.0. The van der Waals surface area contributed by atoms with E-state index >= 15 is 0 Å². The van der Waals surface area contributed by atoms with Crippen LogP contribution in [0.2, 0.25) is 0 Å². The molecule has 1 heterocycles. The van der Waals surface area contributed by atoms with Gasteiger partial charge in [-0.05, 0) is 36.2 Å². The first kappa shape index (κ1) is 24.9. The molecule has 32 heavy (non-hydrogen) atoms. The number of nitrogens with one attached hydrogen (secondary N) is 2. The quantitative estimate of drug-likeness (QED) is 0.347. The smallest absolute Gasteiger partial charge is 0.254 e. The van der Waals surface area contributed by atoms with Crippen LogP contribution >= 0.6 is 12.4 Å². The molecule has 0 saturated carbocycles. The van der Waals surface area contributed by atoms with E-state index in [2.05, 4.69) is 10.3 Å². The number of nitrogens with zero attached hydrogens (tertiary/aromatic N) is 1. The summed E-state index contributed by atoms with van der Waals surface area (Å²) >= 11 is 0. The lowest BCUT2D eigenvalue weighted by Crippen LogP contribution is -2.31. The van der Waals surface area contributed by atoms with Crippen LogP contribution in [-0.2, 0) is 16.1 Å². The molecule has 4 N–H and O–H groups in total. The first-order chi connectivity index (χ1) is 14.9. The van der Waals surface area contributed by atoms with Crippen LogP contribution in [0.5, 0.6) is 0 Å². The van der Waals surface area contributed by atoms with Gasteiger partial charge >= 0.3 is 0 Å². The minimum Gasteiger partial charge on any atom is -0.384 e. The zero-order valence-electron chi connectivity index (χ0n) is 17.3. The Morgan fingerprint density at radius 1 is 1.16 bits per heavy atom. The van der Waals surface area contributed by atoms with Crippen molar-refractivity contribution in [2.45, 2.75) is 19.6 Å². The number of aromatic nitrogens is 1. The van der Waals surface area contributed by atoms with E-state index in [0.717, 1.165) is 17.7 Å². The third-order valence-corrected chi connectivity index (χ3v) is 4.64. The summed E-state index contributed by atoms with van der Waals surface area (Å²) in [7, 11) is 0. The summed E-state index contributed by atoms with van der Waals surface area (Å²) in [4.78, 5) is 16.7. The van der Waals surface area contributed by atoms with Crippen LogP contribution in [0, 0.1) is 17.0 Å². The Morgan fingerprint density at radius 2 is 1.81 bits per heavy atom. The van der Waals surface area contributed by atoms with Gasteiger partial charge in [0.25, 0.3) is 5.91 Å². The van der Waals surface area contributed by atoms with Crippen molar-refractivity contribution in [1.82, 2.24) is 10.3 Å². The molecular weight excluding hydrogens is 438 g/mol. The van der Waals surface area contributed by atoms with Crippen LogP contribution in [0.4, 0.5) is 8.78 Å². The van der Waals surface area contributed by atoms with Gasteiger partial charge in [-0.3, -0.25) is 15.2 Å². The lowest BCUT2D eigenvalue weighted by molar-refractivity contribution is -0.133. The molecule has 0 unspecified atom stereocenters. The Labute approximate surface area is 190 Å². The highest BCUT2D eigenvalue weighted by Gasteiger charge is 2.28. The molecule has 0 saturated heterocycles. The van der Waals surface area contributed by atoms with E-state index in [1.807, 2.05) is 0 Å². The van der Waals surface area contributed by atoms with Crippen molar-refractivity contribution < 1.29 is 18.3 Å².